The van der Waals surface area contributed by atoms with Crippen LogP contribution in [-0.2, 0) is 4.79 Å². The number of hydrogen-bond donors (Lipinski definition) is 0. The van der Waals surface area contributed by atoms with Crippen LogP contribution in [0.25, 0.3) is 5.57 Å². The molecule has 0 aromatic heterocycles. The van der Waals surface area contributed by atoms with E-state index in [1.165, 1.54) is 42.9 Å². The van der Waals surface area contributed by atoms with Crippen LogP contribution in [0, 0.1) is 6.92 Å². The molecule has 104 valence electrons. The molecule has 0 saturated heterocycles. The molecule has 0 bridgehead atoms. The topological polar surface area (TPSA) is 17.1 Å². The van der Waals surface area contributed by atoms with E-state index in [1.807, 2.05) is 0 Å². The summed E-state index contributed by atoms with van der Waals surface area (Å²) in [6.45, 7) is 7.81. The smallest absolute Gasteiger partial charge is 0.116 e. The highest BCUT2D eigenvalue weighted by atomic mass is 16.1. The summed E-state index contributed by atoms with van der Waals surface area (Å²) < 4.78 is 0. The molecule has 1 aromatic rings. The summed E-state index contributed by atoms with van der Waals surface area (Å²) in [5, 5.41) is 0. The summed E-state index contributed by atoms with van der Waals surface area (Å²) in [7, 11) is 0. The molecule has 0 spiro atoms. The van der Waals surface area contributed by atoms with Crippen molar-refractivity contribution >= 4 is 11.9 Å². The molecule has 1 aliphatic rings. The Morgan fingerprint density at radius 3 is 2.05 bits per heavy atom. The zero-order chi connectivity index (χ0) is 14.5. The molecule has 1 aromatic carbocycles. The lowest BCUT2D eigenvalue weighted by Crippen LogP contribution is -1.85. The van der Waals surface area contributed by atoms with E-state index in [4.69, 9.17) is 4.79 Å². The highest BCUT2D eigenvalue weighted by molar-refractivity contribution is 5.74. The van der Waals surface area contributed by atoms with Gasteiger partial charge in [-0.1, -0.05) is 68.3 Å². The lowest BCUT2D eigenvalue weighted by molar-refractivity contribution is -0.106. The first kappa shape index (κ1) is 17.4. The Labute approximate surface area is 118 Å². The molecule has 2 rings (SSSR count). The van der Waals surface area contributed by atoms with Gasteiger partial charge >= 0.3 is 0 Å². The maximum absolute atomic E-state index is 8.81. The normalized spacial score (nSPS) is 12.3. The molecule has 0 N–H and O–H groups in total. The number of carbonyl (C=O) groups is 1. The first-order chi connectivity index (χ1) is 9.19. The number of hydrogen-bond acceptors (Lipinski definition) is 1. The Balaban J connectivity index is 0.000000465. The van der Waals surface area contributed by atoms with E-state index < -0.39 is 0 Å². The number of rotatable bonds is 1. The Kier molecular flexibility index (Phi) is 10.5. The maximum atomic E-state index is 8.81. The quantitative estimate of drug-likeness (QED) is 0.620. The molecule has 0 unspecified atom stereocenters. The minimum Gasteiger partial charge on any atom is -0.304 e. The zero-order valence-electron chi connectivity index (χ0n) is 12.6. The number of aryl methyl sites for hydroxylation is 1. The van der Waals surface area contributed by atoms with Crippen molar-refractivity contribution in [2.24, 2.45) is 0 Å². The number of allylic oxidation sites excluding steroid dienone is 4. The highest BCUT2D eigenvalue weighted by Gasteiger charge is 1.99. The first-order valence-corrected chi connectivity index (χ1v) is 7.03. The van der Waals surface area contributed by atoms with Gasteiger partial charge in [0.15, 0.2) is 0 Å². The van der Waals surface area contributed by atoms with Gasteiger partial charge in [-0.25, -0.2) is 0 Å². The monoisotopic (exact) mass is 258 g/mol. The standard InChI is InChI=1S/C13H14.C3H8.C2H4O/c1-11-7-9-13(10-8-11)12-5-3-2-4-6-12;1-3-2;1-2-3/h3,5-10H,2,4H2,1H3;3H2,1-2H3;2H,1H3. The van der Waals surface area contributed by atoms with E-state index in [2.05, 4.69) is 63.3 Å². The van der Waals surface area contributed by atoms with Gasteiger partial charge in [-0.05, 0) is 37.8 Å². The van der Waals surface area contributed by atoms with Crippen LogP contribution in [0.1, 0.15) is 51.2 Å². The predicted octanol–water partition coefficient (Wildman–Crippen LogP) is 5.35. The Bertz CT molecular complexity index is 396. The summed E-state index contributed by atoms with van der Waals surface area (Å²) in [6, 6.07) is 8.71. The van der Waals surface area contributed by atoms with E-state index in [9.17, 15) is 0 Å². The molecule has 0 fully saturated rings. The molecule has 1 heteroatoms. The van der Waals surface area contributed by atoms with Crippen LogP contribution in [0.3, 0.4) is 0 Å². The molecule has 0 heterocycles. The number of carbonyl (C=O) groups excluding carboxylic acids is 1. The average Bonchev–Trinajstić information content (AvgIpc) is 2.42. The van der Waals surface area contributed by atoms with Crippen molar-refractivity contribution in [2.75, 3.05) is 0 Å². The van der Waals surface area contributed by atoms with Crippen molar-refractivity contribution in [1.29, 1.82) is 0 Å². The lowest BCUT2D eigenvalue weighted by atomic mass is 9.99. The molecule has 1 nitrogen and oxygen atoms in total. The van der Waals surface area contributed by atoms with Crippen LogP contribution in [0.2, 0.25) is 0 Å². The Hall–Kier alpha value is -1.63. The minimum atomic E-state index is 0.750. The van der Waals surface area contributed by atoms with Crippen molar-refractivity contribution in [3.63, 3.8) is 0 Å². The first-order valence-electron chi connectivity index (χ1n) is 7.03. The summed E-state index contributed by atoms with van der Waals surface area (Å²) in [4.78, 5) is 8.81. The molecule has 0 aliphatic heterocycles. The summed E-state index contributed by atoms with van der Waals surface area (Å²) in [5.41, 5.74) is 4.02. The second kappa shape index (κ2) is 11.5. The Morgan fingerprint density at radius 2 is 1.63 bits per heavy atom. The molecule has 0 amide bonds. The van der Waals surface area contributed by atoms with E-state index in [1.54, 1.807) is 0 Å². The fourth-order valence-electron chi connectivity index (χ4n) is 1.57. The van der Waals surface area contributed by atoms with E-state index in [-0.39, 0.29) is 0 Å². The van der Waals surface area contributed by atoms with Crippen molar-refractivity contribution in [1.82, 2.24) is 0 Å². The van der Waals surface area contributed by atoms with Gasteiger partial charge in [0.25, 0.3) is 0 Å². The SMILES string of the molecule is CC=O.CCC.Cc1ccc(C2=CCCC=C2)cc1. The maximum Gasteiger partial charge on any atom is 0.116 e. The largest absolute Gasteiger partial charge is 0.304 e. The molecule has 1 aliphatic carbocycles. The predicted molar refractivity (Wildman–Crippen MR) is 85.2 cm³/mol. The average molecular weight is 258 g/mol. The van der Waals surface area contributed by atoms with Gasteiger partial charge in [0.05, 0.1) is 0 Å². The summed E-state index contributed by atoms with van der Waals surface area (Å²) in [5.74, 6) is 0. The van der Waals surface area contributed by atoms with Crippen molar-refractivity contribution in [3.05, 3.63) is 53.6 Å². The van der Waals surface area contributed by atoms with Crippen LogP contribution in [0.15, 0.2) is 42.5 Å². The van der Waals surface area contributed by atoms with E-state index in [0.29, 0.717) is 0 Å². The summed E-state index contributed by atoms with van der Waals surface area (Å²) >= 11 is 0. The fraction of sp³-hybridized carbons (Fsp3) is 0.389. The van der Waals surface area contributed by atoms with Crippen molar-refractivity contribution in [2.45, 2.75) is 47.0 Å². The molecule has 0 radical (unpaired) electrons. The van der Waals surface area contributed by atoms with E-state index in [0.717, 1.165) is 6.29 Å². The van der Waals surface area contributed by atoms with Gasteiger partial charge in [-0.15, -0.1) is 0 Å². The van der Waals surface area contributed by atoms with Gasteiger partial charge in [-0.3, -0.25) is 0 Å². The third kappa shape index (κ3) is 8.15. The molecule has 0 atom stereocenters. The third-order valence-electron chi connectivity index (χ3n) is 2.38. The lowest BCUT2D eigenvalue weighted by Gasteiger charge is -2.06. The van der Waals surface area contributed by atoms with Gasteiger partial charge in [0.2, 0.25) is 0 Å². The van der Waals surface area contributed by atoms with Crippen LogP contribution < -0.4 is 0 Å². The number of aldehydes is 1. The van der Waals surface area contributed by atoms with Gasteiger partial charge in [0.1, 0.15) is 6.29 Å². The van der Waals surface area contributed by atoms with Crippen LogP contribution >= 0.6 is 0 Å². The second-order valence-electron chi connectivity index (χ2n) is 4.45. The minimum absolute atomic E-state index is 0.750. The van der Waals surface area contributed by atoms with Crippen LogP contribution in [0.5, 0.6) is 0 Å². The van der Waals surface area contributed by atoms with E-state index >= 15 is 0 Å². The molecule has 0 saturated carbocycles. The molecular weight excluding hydrogens is 232 g/mol. The zero-order valence-corrected chi connectivity index (χ0v) is 12.6. The van der Waals surface area contributed by atoms with Crippen molar-refractivity contribution < 1.29 is 4.79 Å². The third-order valence-corrected chi connectivity index (χ3v) is 2.38. The van der Waals surface area contributed by atoms with Crippen molar-refractivity contribution in [3.8, 4) is 0 Å². The Morgan fingerprint density at radius 1 is 1.11 bits per heavy atom. The number of benzene rings is 1. The van der Waals surface area contributed by atoms with Gasteiger partial charge in [-0.2, -0.15) is 0 Å². The van der Waals surface area contributed by atoms with Crippen LogP contribution in [-0.4, -0.2) is 6.29 Å². The summed E-state index contributed by atoms with van der Waals surface area (Å²) in [6.07, 6.45) is 11.1. The molecular formula is C18H26O. The highest BCUT2D eigenvalue weighted by Crippen LogP contribution is 2.21. The van der Waals surface area contributed by atoms with Gasteiger partial charge in [0, 0.05) is 0 Å². The second-order valence-corrected chi connectivity index (χ2v) is 4.45. The molecule has 19 heavy (non-hydrogen) atoms. The fourth-order valence-corrected chi connectivity index (χ4v) is 1.57. The van der Waals surface area contributed by atoms with Crippen LogP contribution in [0.4, 0.5) is 0 Å². The van der Waals surface area contributed by atoms with Gasteiger partial charge < -0.3 is 4.79 Å².